The van der Waals surface area contributed by atoms with Crippen LogP contribution in [0.15, 0.2) is 4.42 Å². The molecule has 18 heavy (non-hydrogen) atoms. The van der Waals surface area contributed by atoms with Crippen LogP contribution in [0.4, 0.5) is 0 Å². The fourth-order valence-electron chi connectivity index (χ4n) is 1.54. The van der Waals surface area contributed by atoms with Crippen molar-refractivity contribution in [3.63, 3.8) is 0 Å². The summed E-state index contributed by atoms with van der Waals surface area (Å²) in [5.41, 5.74) is 0.265. The zero-order valence-electron chi connectivity index (χ0n) is 12.6. The quantitative estimate of drug-likeness (QED) is 0.844. The van der Waals surface area contributed by atoms with E-state index in [1.807, 2.05) is 0 Å². The molecule has 0 bridgehead atoms. The van der Waals surface area contributed by atoms with E-state index in [0.717, 1.165) is 25.3 Å². The lowest BCUT2D eigenvalue weighted by Gasteiger charge is -2.25. The Kier molecular flexibility index (Phi) is 5.32. The van der Waals surface area contributed by atoms with Gasteiger partial charge < -0.3 is 9.73 Å². The zero-order valence-corrected chi connectivity index (χ0v) is 12.6. The van der Waals surface area contributed by atoms with Gasteiger partial charge in [-0.3, -0.25) is 0 Å². The molecule has 1 aromatic heterocycles. The van der Waals surface area contributed by atoms with Crippen molar-refractivity contribution in [2.24, 2.45) is 11.3 Å². The van der Waals surface area contributed by atoms with Crippen molar-refractivity contribution in [3.05, 3.63) is 11.8 Å². The molecule has 0 fully saturated rings. The van der Waals surface area contributed by atoms with Crippen LogP contribution in [0.25, 0.3) is 0 Å². The SMILES string of the molecule is CCCNC(C)c1nnc(CC(C)C(C)(C)C)o1. The highest BCUT2D eigenvalue weighted by Gasteiger charge is 2.23. The van der Waals surface area contributed by atoms with E-state index in [0.29, 0.717) is 11.8 Å². The molecule has 0 radical (unpaired) electrons. The van der Waals surface area contributed by atoms with Crippen LogP contribution in [0.2, 0.25) is 0 Å². The predicted octanol–water partition coefficient (Wildman–Crippen LogP) is 3.35. The van der Waals surface area contributed by atoms with Crippen molar-refractivity contribution in [1.82, 2.24) is 15.5 Å². The summed E-state index contributed by atoms with van der Waals surface area (Å²) in [5, 5.41) is 11.6. The average molecular weight is 253 g/mol. The van der Waals surface area contributed by atoms with Crippen molar-refractivity contribution < 1.29 is 4.42 Å². The molecule has 0 amide bonds. The molecule has 0 spiro atoms. The van der Waals surface area contributed by atoms with Crippen LogP contribution < -0.4 is 5.32 Å². The first kappa shape index (κ1) is 15.2. The van der Waals surface area contributed by atoms with E-state index in [9.17, 15) is 0 Å². The Labute approximate surface area is 111 Å². The number of hydrogen-bond donors (Lipinski definition) is 1. The van der Waals surface area contributed by atoms with Gasteiger partial charge in [0.1, 0.15) is 0 Å². The van der Waals surface area contributed by atoms with Crippen LogP contribution in [0.5, 0.6) is 0 Å². The predicted molar refractivity (Wildman–Crippen MR) is 73.3 cm³/mol. The topological polar surface area (TPSA) is 51.0 Å². The minimum Gasteiger partial charge on any atom is -0.424 e. The van der Waals surface area contributed by atoms with Crippen LogP contribution >= 0.6 is 0 Å². The molecular formula is C14H27N3O. The summed E-state index contributed by atoms with van der Waals surface area (Å²) in [6.45, 7) is 14.1. The summed E-state index contributed by atoms with van der Waals surface area (Å²) in [6.07, 6.45) is 1.95. The van der Waals surface area contributed by atoms with Crippen molar-refractivity contribution in [2.45, 2.75) is 60.4 Å². The summed E-state index contributed by atoms with van der Waals surface area (Å²) in [4.78, 5) is 0. The molecule has 0 aromatic carbocycles. The van der Waals surface area contributed by atoms with Gasteiger partial charge in [0, 0.05) is 6.42 Å². The van der Waals surface area contributed by atoms with E-state index in [4.69, 9.17) is 4.42 Å². The first-order valence-corrected chi connectivity index (χ1v) is 6.90. The molecule has 1 aromatic rings. The van der Waals surface area contributed by atoms with E-state index in [1.165, 1.54) is 0 Å². The maximum atomic E-state index is 5.72. The van der Waals surface area contributed by atoms with Gasteiger partial charge in [-0.25, -0.2) is 0 Å². The largest absolute Gasteiger partial charge is 0.424 e. The molecule has 0 saturated heterocycles. The summed E-state index contributed by atoms with van der Waals surface area (Å²) in [7, 11) is 0. The smallest absolute Gasteiger partial charge is 0.233 e. The summed E-state index contributed by atoms with van der Waals surface area (Å²) in [6, 6.07) is 0.135. The van der Waals surface area contributed by atoms with Crippen molar-refractivity contribution in [3.8, 4) is 0 Å². The van der Waals surface area contributed by atoms with E-state index < -0.39 is 0 Å². The van der Waals surface area contributed by atoms with Crippen molar-refractivity contribution in [2.75, 3.05) is 6.54 Å². The molecule has 104 valence electrons. The highest BCUT2D eigenvalue weighted by Crippen LogP contribution is 2.28. The maximum Gasteiger partial charge on any atom is 0.233 e. The second-order valence-electron chi connectivity index (χ2n) is 6.18. The number of hydrogen-bond acceptors (Lipinski definition) is 4. The Balaban J connectivity index is 2.58. The van der Waals surface area contributed by atoms with Crippen LogP contribution in [-0.2, 0) is 6.42 Å². The first-order chi connectivity index (χ1) is 8.34. The molecule has 4 nitrogen and oxygen atoms in total. The summed E-state index contributed by atoms with van der Waals surface area (Å²) in [5.74, 6) is 1.96. The second kappa shape index (κ2) is 6.32. The van der Waals surface area contributed by atoms with Gasteiger partial charge in [-0.15, -0.1) is 10.2 Å². The van der Waals surface area contributed by atoms with Crippen LogP contribution in [0.1, 0.15) is 65.8 Å². The Morgan fingerprint density at radius 2 is 1.89 bits per heavy atom. The van der Waals surface area contributed by atoms with Gasteiger partial charge in [-0.2, -0.15) is 0 Å². The van der Waals surface area contributed by atoms with Gasteiger partial charge in [0.2, 0.25) is 11.8 Å². The monoisotopic (exact) mass is 253 g/mol. The molecule has 0 saturated carbocycles. The number of nitrogens with zero attached hydrogens (tertiary/aromatic N) is 2. The Hall–Kier alpha value is -0.900. The minimum atomic E-state index is 0.135. The Morgan fingerprint density at radius 1 is 1.22 bits per heavy atom. The van der Waals surface area contributed by atoms with E-state index in [1.54, 1.807) is 0 Å². The molecule has 1 rings (SSSR count). The number of nitrogens with one attached hydrogen (secondary N) is 1. The zero-order chi connectivity index (χ0) is 13.8. The van der Waals surface area contributed by atoms with Gasteiger partial charge in [0.05, 0.1) is 6.04 Å². The molecule has 2 atom stereocenters. The lowest BCUT2D eigenvalue weighted by atomic mass is 9.80. The fraction of sp³-hybridized carbons (Fsp3) is 0.857. The third-order valence-electron chi connectivity index (χ3n) is 3.51. The molecule has 1 N–H and O–H groups in total. The minimum absolute atomic E-state index is 0.135. The lowest BCUT2D eigenvalue weighted by Crippen LogP contribution is -2.20. The van der Waals surface area contributed by atoms with Gasteiger partial charge in [-0.05, 0) is 31.2 Å². The van der Waals surface area contributed by atoms with Crippen LogP contribution in [-0.4, -0.2) is 16.7 Å². The standard InChI is InChI=1S/C14H27N3O/c1-7-8-15-11(3)13-17-16-12(18-13)9-10(2)14(4,5)6/h10-11,15H,7-9H2,1-6H3. The van der Waals surface area contributed by atoms with Gasteiger partial charge in [0.15, 0.2) is 0 Å². The second-order valence-corrected chi connectivity index (χ2v) is 6.18. The van der Waals surface area contributed by atoms with E-state index >= 15 is 0 Å². The molecule has 0 aliphatic carbocycles. The van der Waals surface area contributed by atoms with Crippen molar-refractivity contribution in [1.29, 1.82) is 0 Å². The number of aromatic nitrogens is 2. The fourth-order valence-corrected chi connectivity index (χ4v) is 1.54. The summed E-state index contributed by atoms with van der Waals surface area (Å²) < 4.78 is 5.72. The third-order valence-corrected chi connectivity index (χ3v) is 3.51. The first-order valence-electron chi connectivity index (χ1n) is 6.90. The van der Waals surface area contributed by atoms with Crippen molar-refractivity contribution >= 4 is 0 Å². The highest BCUT2D eigenvalue weighted by molar-refractivity contribution is 4.90. The normalized spacial score (nSPS) is 15.7. The molecule has 0 aliphatic rings. The maximum absolute atomic E-state index is 5.72. The molecule has 0 aliphatic heterocycles. The van der Waals surface area contributed by atoms with Gasteiger partial charge in [-0.1, -0.05) is 34.6 Å². The average Bonchev–Trinajstić information content (AvgIpc) is 2.73. The lowest BCUT2D eigenvalue weighted by molar-refractivity contribution is 0.242. The van der Waals surface area contributed by atoms with Gasteiger partial charge >= 0.3 is 0 Å². The highest BCUT2D eigenvalue weighted by atomic mass is 16.4. The van der Waals surface area contributed by atoms with E-state index in [-0.39, 0.29) is 11.5 Å². The van der Waals surface area contributed by atoms with Gasteiger partial charge in [0.25, 0.3) is 0 Å². The van der Waals surface area contributed by atoms with E-state index in [2.05, 4.69) is 57.1 Å². The molecular weight excluding hydrogens is 226 g/mol. The number of rotatable bonds is 6. The Bertz CT molecular complexity index is 354. The summed E-state index contributed by atoms with van der Waals surface area (Å²) >= 11 is 0. The molecule has 1 heterocycles. The molecule has 4 heteroatoms. The molecule has 2 unspecified atom stereocenters. The third kappa shape index (κ3) is 4.41. The van der Waals surface area contributed by atoms with Crippen LogP contribution in [0, 0.1) is 11.3 Å². The van der Waals surface area contributed by atoms with Crippen LogP contribution in [0.3, 0.4) is 0 Å². The Morgan fingerprint density at radius 3 is 2.44 bits per heavy atom.